The minimum Gasteiger partial charge on any atom is -0.151 e. The molecule has 0 aromatic carbocycles. The van der Waals surface area contributed by atoms with E-state index in [-0.39, 0.29) is 6.04 Å². The fourth-order valence-corrected chi connectivity index (χ4v) is 5.12. The van der Waals surface area contributed by atoms with Crippen LogP contribution in [0.1, 0.15) is 83.5 Å². The SMILES string of the molecule is O=NC1CCC1C1CCCC(CCC2CCCCC2)C1. The lowest BCUT2D eigenvalue weighted by molar-refractivity contribution is 0.102. The van der Waals surface area contributed by atoms with Gasteiger partial charge >= 0.3 is 0 Å². The van der Waals surface area contributed by atoms with E-state index in [4.69, 9.17) is 0 Å². The first-order chi connectivity index (χ1) is 9.86. The van der Waals surface area contributed by atoms with Gasteiger partial charge in [-0.05, 0) is 42.9 Å². The molecule has 3 fully saturated rings. The molecule has 3 aliphatic rings. The summed E-state index contributed by atoms with van der Waals surface area (Å²) in [4.78, 5) is 10.8. The molecule has 114 valence electrons. The lowest BCUT2D eigenvalue weighted by Crippen LogP contribution is -2.37. The van der Waals surface area contributed by atoms with Crippen molar-refractivity contribution in [3.8, 4) is 0 Å². The molecule has 0 heterocycles. The number of rotatable bonds is 5. The van der Waals surface area contributed by atoms with E-state index in [1.165, 1.54) is 77.0 Å². The molecular weight excluding hydrogens is 246 g/mol. The van der Waals surface area contributed by atoms with Gasteiger partial charge in [-0.15, -0.1) is 0 Å². The molecule has 0 aromatic rings. The molecule has 0 amide bonds. The summed E-state index contributed by atoms with van der Waals surface area (Å²) in [6.45, 7) is 0. The standard InChI is InChI=1S/C18H31NO/c20-19-18-12-11-17(18)16-8-4-7-15(13-16)10-9-14-5-2-1-3-6-14/h14-18H,1-13H2. The first kappa shape index (κ1) is 14.5. The van der Waals surface area contributed by atoms with Gasteiger partial charge in [-0.3, -0.25) is 0 Å². The van der Waals surface area contributed by atoms with Gasteiger partial charge in [-0.1, -0.05) is 69.4 Å². The Morgan fingerprint density at radius 1 is 0.750 bits per heavy atom. The Hall–Kier alpha value is -0.400. The minimum absolute atomic E-state index is 0.178. The van der Waals surface area contributed by atoms with E-state index in [0.29, 0.717) is 5.92 Å². The molecule has 0 saturated heterocycles. The average molecular weight is 277 g/mol. The maximum absolute atomic E-state index is 10.8. The van der Waals surface area contributed by atoms with Gasteiger partial charge in [0, 0.05) is 0 Å². The highest BCUT2D eigenvalue weighted by Gasteiger charge is 2.39. The van der Waals surface area contributed by atoms with Crippen molar-refractivity contribution in [1.82, 2.24) is 0 Å². The van der Waals surface area contributed by atoms with Crippen LogP contribution in [0.3, 0.4) is 0 Å². The van der Waals surface area contributed by atoms with Crippen LogP contribution in [-0.2, 0) is 0 Å². The molecule has 3 saturated carbocycles. The number of nitroso groups, excluding NO2 is 1. The molecule has 3 rings (SSSR count). The molecule has 0 N–H and O–H groups in total. The van der Waals surface area contributed by atoms with E-state index in [1.807, 2.05) is 0 Å². The third kappa shape index (κ3) is 3.43. The van der Waals surface area contributed by atoms with Crippen LogP contribution in [0.5, 0.6) is 0 Å². The van der Waals surface area contributed by atoms with Crippen LogP contribution in [0.15, 0.2) is 5.18 Å². The summed E-state index contributed by atoms with van der Waals surface area (Å²) in [5, 5.41) is 3.34. The molecule has 3 aliphatic carbocycles. The molecule has 0 spiro atoms. The van der Waals surface area contributed by atoms with Gasteiger partial charge in [-0.2, -0.15) is 4.91 Å². The first-order valence-corrected chi connectivity index (χ1v) is 9.19. The van der Waals surface area contributed by atoms with Crippen molar-refractivity contribution in [2.45, 2.75) is 89.5 Å². The zero-order valence-corrected chi connectivity index (χ0v) is 12.9. The highest BCUT2D eigenvalue weighted by atomic mass is 16.3. The van der Waals surface area contributed by atoms with Gasteiger partial charge in [0.25, 0.3) is 0 Å². The zero-order chi connectivity index (χ0) is 13.8. The second-order valence-electron chi connectivity index (χ2n) is 7.79. The van der Waals surface area contributed by atoms with Crippen molar-refractivity contribution in [1.29, 1.82) is 0 Å². The largest absolute Gasteiger partial charge is 0.151 e. The van der Waals surface area contributed by atoms with E-state index in [2.05, 4.69) is 5.18 Å². The quantitative estimate of drug-likeness (QED) is 0.593. The predicted octanol–water partition coefficient (Wildman–Crippen LogP) is 5.70. The lowest BCUT2D eigenvalue weighted by atomic mass is 9.64. The Bertz CT molecular complexity index is 311. The van der Waals surface area contributed by atoms with Gasteiger partial charge in [0.2, 0.25) is 0 Å². The van der Waals surface area contributed by atoms with Crippen LogP contribution in [0.2, 0.25) is 0 Å². The highest BCUT2D eigenvalue weighted by molar-refractivity contribution is 4.92. The van der Waals surface area contributed by atoms with Crippen molar-refractivity contribution in [3.05, 3.63) is 4.91 Å². The number of hydrogen-bond donors (Lipinski definition) is 0. The van der Waals surface area contributed by atoms with E-state index in [1.54, 1.807) is 0 Å². The molecule has 0 bridgehead atoms. The Morgan fingerprint density at radius 2 is 1.50 bits per heavy atom. The number of hydrogen-bond acceptors (Lipinski definition) is 2. The fourth-order valence-electron chi connectivity index (χ4n) is 5.12. The lowest BCUT2D eigenvalue weighted by Gasteiger charge is -2.42. The van der Waals surface area contributed by atoms with Gasteiger partial charge in [-0.25, -0.2) is 0 Å². The van der Waals surface area contributed by atoms with Crippen LogP contribution in [0, 0.1) is 28.6 Å². The van der Waals surface area contributed by atoms with Crippen LogP contribution < -0.4 is 0 Å². The van der Waals surface area contributed by atoms with Crippen LogP contribution in [0.4, 0.5) is 0 Å². The van der Waals surface area contributed by atoms with E-state index < -0.39 is 0 Å². The summed E-state index contributed by atoms with van der Waals surface area (Å²) in [5.74, 6) is 3.49. The summed E-state index contributed by atoms with van der Waals surface area (Å²) in [5.41, 5.74) is 0. The maximum atomic E-state index is 10.8. The van der Waals surface area contributed by atoms with E-state index in [0.717, 1.165) is 24.2 Å². The number of nitrogens with zero attached hydrogens (tertiary/aromatic N) is 1. The van der Waals surface area contributed by atoms with Gasteiger partial charge in [0.1, 0.15) is 0 Å². The average Bonchev–Trinajstić information content (AvgIpc) is 2.46. The molecular formula is C18H31NO. The fraction of sp³-hybridized carbons (Fsp3) is 1.00. The third-order valence-electron chi connectivity index (χ3n) is 6.56. The van der Waals surface area contributed by atoms with Gasteiger partial charge in [0.15, 0.2) is 0 Å². The Kier molecular flexibility index (Phi) is 5.12. The summed E-state index contributed by atoms with van der Waals surface area (Å²) >= 11 is 0. The predicted molar refractivity (Wildman–Crippen MR) is 83.6 cm³/mol. The molecule has 0 radical (unpaired) electrons. The van der Waals surface area contributed by atoms with Crippen molar-refractivity contribution in [2.75, 3.05) is 0 Å². The van der Waals surface area contributed by atoms with E-state index in [9.17, 15) is 4.91 Å². The molecule has 4 atom stereocenters. The normalized spacial score (nSPS) is 39.2. The maximum Gasteiger partial charge on any atom is 0.0950 e. The summed E-state index contributed by atoms with van der Waals surface area (Å²) < 4.78 is 0. The Labute approximate surface area is 124 Å². The van der Waals surface area contributed by atoms with Gasteiger partial charge < -0.3 is 0 Å². The summed E-state index contributed by atoms with van der Waals surface area (Å²) in [6.07, 6.45) is 18.4. The van der Waals surface area contributed by atoms with Crippen molar-refractivity contribution in [3.63, 3.8) is 0 Å². The molecule has 0 aromatic heterocycles. The second kappa shape index (κ2) is 7.04. The molecule has 2 nitrogen and oxygen atoms in total. The van der Waals surface area contributed by atoms with Gasteiger partial charge in [0.05, 0.1) is 6.04 Å². The summed E-state index contributed by atoms with van der Waals surface area (Å²) in [7, 11) is 0. The topological polar surface area (TPSA) is 29.4 Å². The molecule has 2 heteroatoms. The van der Waals surface area contributed by atoms with Crippen LogP contribution >= 0.6 is 0 Å². The van der Waals surface area contributed by atoms with Crippen molar-refractivity contribution < 1.29 is 0 Å². The molecule has 4 unspecified atom stereocenters. The van der Waals surface area contributed by atoms with Crippen molar-refractivity contribution >= 4 is 0 Å². The molecule has 20 heavy (non-hydrogen) atoms. The Balaban J connectivity index is 1.42. The first-order valence-electron chi connectivity index (χ1n) is 9.19. The second-order valence-corrected chi connectivity index (χ2v) is 7.79. The Morgan fingerprint density at radius 3 is 2.20 bits per heavy atom. The van der Waals surface area contributed by atoms with Crippen molar-refractivity contribution in [2.24, 2.45) is 28.8 Å². The van der Waals surface area contributed by atoms with Crippen LogP contribution in [0.25, 0.3) is 0 Å². The van der Waals surface area contributed by atoms with Crippen LogP contribution in [-0.4, -0.2) is 6.04 Å². The monoisotopic (exact) mass is 277 g/mol. The van der Waals surface area contributed by atoms with E-state index >= 15 is 0 Å². The summed E-state index contributed by atoms with van der Waals surface area (Å²) in [6, 6.07) is 0.178. The molecule has 0 aliphatic heterocycles. The minimum atomic E-state index is 0.178. The third-order valence-corrected chi connectivity index (χ3v) is 6.56. The smallest absolute Gasteiger partial charge is 0.0950 e. The highest BCUT2D eigenvalue weighted by Crippen LogP contribution is 2.45. The zero-order valence-electron chi connectivity index (χ0n) is 12.9.